The Kier molecular flexibility index (Phi) is 3.90. The minimum atomic E-state index is -0.473. The van der Waals surface area contributed by atoms with Crippen molar-refractivity contribution in [2.45, 2.75) is 19.4 Å². The number of halogens is 1. The van der Waals surface area contributed by atoms with E-state index in [2.05, 4.69) is 10.3 Å². The molecule has 1 unspecified atom stereocenters. The number of rotatable bonds is 2. The van der Waals surface area contributed by atoms with Crippen LogP contribution in [0.1, 0.15) is 23.7 Å². The van der Waals surface area contributed by atoms with E-state index >= 15 is 0 Å². The van der Waals surface area contributed by atoms with E-state index in [4.69, 9.17) is 17.3 Å². The van der Waals surface area contributed by atoms with Crippen molar-refractivity contribution >= 4 is 29.1 Å². The van der Waals surface area contributed by atoms with Crippen LogP contribution in [0.4, 0.5) is 5.69 Å². The smallest absolute Gasteiger partial charge is 0.257 e. The van der Waals surface area contributed by atoms with Gasteiger partial charge >= 0.3 is 0 Å². The quantitative estimate of drug-likeness (QED) is 0.780. The highest BCUT2D eigenvalue weighted by Gasteiger charge is 2.33. The lowest BCUT2D eigenvalue weighted by atomic mass is 10.1. The van der Waals surface area contributed by atoms with Crippen LogP contribution in [0.25, 0.3) is 0 Å². The summed E-state index contributed by atoms with van der Waals surface area (Å²) < 4.78 is 0. The fourth-order valence-electron chi connectivity index (χ4n) is 2.13. The number of aromatic nitrogens is 1. The Balaban J connectivity index is 2.32. The number of pyridine rings is 1. The van der Waals surface area contributed by atoms with E-state index in [0.717, 1.165) is 0 Å². The SMILES string of the molecule is CCC1C(=O)NCCN1C(=O)c1cc(N)cnc1Cl. The predicted molar refractivity (Wildman–Crippen MR) is 71.8 cm³/mol. The average Bonchev–Trinajstić information content (AvgIpc) is 2.40. The first-order valence-electron chi connectivity index (χ1n) is 6.04. The Morgan fingerprint density at radius 3 is 3.11 bits per heavy atom. The zero-order valence-electron chi connectivity index (χ0n) is 10.5. The van der Waals surface area contributed by atoms with E-state index in [1.807, 2.05) is 6.92 Å². The molecule has 1 fully saturated rings. The fourth-order valence-corrected chi connectivity index (χ4v) is 2.32. The third kappa shape index (κ3) is 2.63. The van der Waals surface area contributed by atoms with Crippen LogP contribution >= 0.6 is 11.6 Å². The van der Waals surface area contributed by atoms with Gasteiger partial charge in [-0.2, -0.15) is 0 Å². The summed E-state index contributed by atoms with van der Waals surface area (Å²) in [6.07, 6.45) is 1.93. The van der Waals surface area contributed by atoms with Crippen LogP contribution in [-0.2, 0) is 4.79 Å². The van der Waals surface area contributed by atoms with E-state index < -0.39 is 6.04 Å². The van der Waals surface area contributed by atoms with Crippen molar-refractivity contribution < 1.29 is 9.59 Å². The van der Waals surface area contributed by atoms with Crippen molar-refractivity contribution in [3.05, 3.63) is 23.0 Å². The normalized spacial score (nSPS) is 19.2. The fraction of sp³-hybridized carbons (Fsp3) is 0.417. The number of nitrogens with zero attached hydrogens (tertiary/aromatic N) is 2. The van der Waals surface area contributed by atoms with Crippen molar-refractivity contribution in [2.24, 2.45) is 0 Å². The highest BCUT2D eigenvalue weighted by molar-refractivity contribution is 6.32. The second-order valence-corrected chi connectivity index (χ2v) is 4.68. The molecule has 1 aromatic heterocycles. The largest absolute Gasteiger partial charge is 0.397 e. The molecule has 0 radical (unpaired) electrons. The molecule has 6 nitrogen and oxygen atoms in total. The first kappa shape index (κ1) is 13.6. The van der Waals surface area contributed by atoms with E-state index in [0.29, 0.717) is 25.2 Å². The van der Waals surface area contributed by atoms with Crippen LogP contribution in [-0.4, -0.2) is 40.8 Å². The van der Waals surface area contributed by atoms with Crippen LogP contribution in [0.2, 0.25) is 5.15 Å². The van der Waals surface area contributed by atoms with Gasteiger partial charge in [-0.25, -0.2) is 4.98 Å². The molecule has 1 saturated heterocycles. The topological polar surface area (TPSA) is 88.3 Å². The van der Waals surface area contributed by atoms with Gasteiger partial charge in [-0.15, -0.1) is 0 Å². The van der Waals surface area contributed by atoms with Crippen LogP contribution in [0.3, 0.4) is 0 Å². The summed E-state index contributed by atoms with van der Waals surface area (Å²) in [4.78, 5) is 29.6. The molecule has 3 N–H and O–H groups in total. The molecule has 1 aliphatic rings. The van der Waals surface area contributed by atoms with Crippen LogP contribution < -0.4 is 11.1 Å². The molecule has 0 aliphatic carbocycles. The number of hydrogen-bond donors (Lipinski definition) is 2. The number of piperazine rings is 1. The van der Waals surface area contributed by atoms with Crippen LogP contribution in [0.15, 0.2) is 12.3 Å². The summed E-state index contributed by atoms with van der Waals surface area (Å²) in [5.74, 6) is -0.457. The Hall–Kier alpha value is -1.82. The molecule has 2 heterocycles. The second-order valence-electron chi connectivity index (χ2n) is 4.32. The van der Waals surface area contributed by atoms with Crippen molar-refractivity contribution in [1.82, 2.24) is 15.2 Å². The summed E-state index contributed by atoms with van der Waals surface area (Å²) >= 11 is 5.92. The third-order valence-corrected chi connectivity index (χ3v) is 3.37. The maximum atomic E-state index is 12.5. The van der Waals surface area contributed by atoms with Gasteiger partial charge in [0.15, 0.2) is 0 Å². The molecule has 1 atom stereocenters. The molecule has 0 spiro atoms. The maximum Gasteiger partial charge on any atom is 0.257 e. The van der Waals surface area contributed by atoms with Gasteiger partial charge in [0.2, 0.25) is 5.91 Å². The zero-order valence-corrected chi connectivity index (χ0v) is 11.3. The lowest BCUT2D eigenvalue weighted by Crippen LogP contribution is -2.56. The minimum absolute atomic E-state index is 0.0973. The van der Waals surface area contributed by atoms with Gasteiger partial charge in [-0.1, -0.05) is 18.5 Å². The Labute approximate surface area is 115 Å². The minimum Gasteiger partial charge on any atom is -0.397 e. The maximum absolute atomic E-state index is 12.5. The first-order valence-corrected chi connectivity index (χ1v) is 6.42. The summed E-state index contributed by atoms with van der Waals surface area (Å²) in [6.45, 7) is 2.75. The molecule has 1 aliphatic heterocycles. The Morgan fingerprint density at radius 2 is 2.42 bits per heavy atom. The number of nitrogen functional groups attached to an aromatic ring is 1. The second kappa shape index (κ2) is 5.44. The van der Waals surface area contributed by atoms with Gasteiger partial charge in [-0.05, 0) is 12.5 Å². The molecule has 0 bridgehead atoms. The highest BCUT2D eigenvalue weighted by atomic mass is 35.5. The van der Waals surface area contributed by atoms with E-state index in [1.54, 1.807) is 0 Å². The van der Waals surface area contributed by atoms with Crippen molar-refractivity contribution in [2.75, 3.05) is 18.8 Å². The highest BCUT2D eigenvalue weighted by Crippen LogP contribution is 2.20. The summed E-state index contributed by atoms with van der Waals surface area (Å²) in [7, 11) is 0. The standard InChI is InChI=1S/C12H15ClN4O2/c1-2-9-11(18)15-3-4-17(9)12(19)8-5-7(14)6-16-10(8)13/h5-6,9H,2-4,14H2,1H3,(H,15,18). The summed E-state index contributed by atoms with van der Waals surface area (Å²) in [6, 6.07) is 1.01. The van der Waals surface area contributed by atoms with Gasteiger partial charge < -0.3 is 16.0 Å². The number of nitrogens with two attached hydrogens (primary N) is 1. The van der Waals surface area contributed by atoms with Crippen molar-refractivity contribution in [1.29, 1.82) is 0 Å². The van der Waals surface area contributed by atoms with E-state index in [-0.39, 0.29) is 22.5 Å². The van der Waals surface area contributed by atoms with Gasteiger partial charge in [0, 0.05) is 13.1 Å². The Bertz CT molecular complexity index is 520. The van der Waals surface area contributed by atoms with Gasteiger partial charge in [0.1, 0.15) is 11.2 Å². The number of amides is 2. The molecule has 0 saturated carbocycles. The van der Waals surface area contributed by atoms with E-state index in [1.165, 1.54) is 17.2 Å². The molecule has 2 amide bonds. The lowest BCUT2D eigenvalue weighted by Gasteiger charge is -2.34. The lowest BCUT2D eigenvalue weighted by molar-refractivity contribution is -0.127. The van der Waals surface area contributed by atoms with Crippen molar-refractivity contribution in [3.8, 4) is 0 Å². The van der Waals surface area contributed by atoms with Gasteiger partial charge in [0.05, 0.1) is 17.4 Å². The number of hydrogen-bond acceptors (Lipinski definition) is 4. The van der Waals surface area contributed by atoms with Gasteiger partial charge in [-0.3, -0.25) is 9.59 Å². The van der Waals surface area contributed by atoms with Crippen LogP contribution in [0.5, 0.6) is 0 Å². The zero-order chi connectivity index (χ0) is 14.0. The molecule has 102 valence electrons. The number of anilines is 1. The molecular weight excluding hydrogens is 268 g/mol. The number of nitrogens with one attached hydrogen (secondary N) is 1. The molecule has 19 heavy (non-hydrogen) atoms. The molecular formula is C12H15ClN4O2. The van der Waals surface area contributed by atoms with Gasteiger partial charge in [0.25, 0.3) is 5.91 Å². The molecule has 7 heteroatoms. The summed E-state index contributed by atoms with van der Waals surface area (Å²) in [5.41, 5.74) is 6.21. The average molecular weight is 283 g/mol. The molecule has 1 aromatic rings. The van der Waals surface area contributed by atoms with Crippen molar-refractivity contribution in [3.63, 3.8) is 0 Å². The monoisotopic (exact) mass is 282 g/mol. The first-order chi connectivity index (χ1) is 9.04. The third-order valence-electron chi connectivity index (χ3n) is 3.07. The Morgan fingerprint density at radius 1 is 1.68 bits per heavy atom. The predicted octanol–water partition coefficient (Wildman–Crippen LogP) is 0.668. The summed E-state index contributed by atoms with van der Waals surface area (Å²) in [5, 5.41) is 2.84. The molecule has 2 rings (SSSR count). The number of carbonyl (C=O) groups is 2. The number of carbonyl (C=O) groups excluding carboxylic acids is 2. The van der Waals surface area contributed by atoms with E-state index in [9.17, 15) is 9.59 Å². The molecule has 0 aromatic carbocycles. The van der Waals surface area contributed by atoms with Crippen LogP contribution in [0, 0.1) is 0 Å².